The predicted molar refractivity (Wildman–Crippen MR) is 187 cm³/mol. The summed E-state index contributed by atoms with van der Waals surface area (Å²) in [6, 6.07) is 10.2. The van der Waals surface area contributed by atoms with Gasteiger partial charge in [-0.1, -0.05) is 90.4 Å². The van der Waals surface area contributed by atoms with E-state index in [-0.39, 0.29) is 33.5 Å². The first-order valence-electron chi connectivity index (χ1n) is 18.7. The molecule has 5 heteroatoms. The normalized spacial score (nSPS) is 40.0. The van der Waals surface area contributed by atoms with Crippen LogP contribution in [0.15, 0.2) is 42.0 Å². The topological polar surface area (TPSA) is 61.3 Å². The van der Waals surface area contributed by atoms with Gasteiger partial charge in [0.2, 0.25) is 5.88 Å². The van der Waals surface area contributed by atoms with Gasteiger partial charge in [0.05, 0.1) is 17.7 Å². The van der Waals surface area contributed by atoms with Crippen molar-refractivity contribution in [1.29, 1.82) is 0 Å². The monoisotopic (exact) mass is 638 g/mol. The second-order valence-electron chi connectivity index (χ2n) is 17.6. The summed E-state index contributed by atoms with van der Waals surface area (Å²) in [6.07, 6.45) is 11.1. The lowest BCUT2D eigenvalue weighted by molar-refractivity contribution is -0.184. The number of aromatic nitrogens is 2. The smallest absolute Gasteiger partial charge is 0.313 e. The van der Waals surface area contributed by atoms with Crippen molar-refractivity contribution < 1.29 is 14.3 Å². The molecule has 3 fully saturated rings. The molecule has 7 rings (SSSR count). The first-order valence-corrected chi connectivity index (χ1v) is 18.7. The highest BCUT2D eigenvalue weighted by Gasteiger charge is 2.69. The SMILES string of the molecule is CCOc1nc(C)nc2c1C[C@]1(C)[C@H](CC[C@@]3(C)[C@H]1CC=C1[C@@H]4[C@@H](C)[C@@H](C)CC[C@]4(C(=O)OCc4ccccc4)CC[C@]13C)C2(C)C. The third-order valence-electron chi connectivity index (χ3n) is 15.3. The number of esters is 1. The van der Waals surface area contributed by atoms with Crippen LogP contribution in [-0.2, 0) is 28.0 Å². The van der Waals surface area contributed by atoms with Crippen molar-refractivity contribution in [2.45, 2.75) is 126 Å². The summed E-state index contributed by atoms with van der Waals surface area (Å²) < 4.78 is 12.5. The summed E-state index contributed by atoms with van der Waals surface area (Å²) in [5.41, 5.74) is 4.87. The molecule has 254 valence electrons. The van der Waals surface area contributed by atoms with Crippen LogP contribution < -0.4 is 4.74 Å². The van der Waals surface area contributed by atoms with Gasteiger partial charge in [0.1, 0.15) is 12.4 Å². The highest BCUT2D eigenvalue weighted by atomic mass is 16.5. The first kappa shape index (κ1) is 32.8. The van der Waals surface area contributed by atoms with Crippen molar-refractivity contribution in [2.24, 2.45) is 51.2 Å². The Morgan fingerprint density at radius 3 is 2.40 bits per heavy atom. The summed E-state index contributed by atoms with van der Waals surface area (Å²) in [7, 11) is 0. The van der Waals surface area contributed by atoms with Gasteiger partial charge in [-0.25, -0.2) is 4.98 Å². The Labute approximate surface area is 283 Å². The quantitative estimate of drug-likeness (QED) is 0.241. The first-order chi connectivity index (χ1) is 22.2. The van der Waals surface area contributed by atoms with Crippen molar-refractivity contribution in [3.05, 3.63) is 64.6 Å². The maximum atomic E-state index is 14.4. The minimum atomic E-state index is -0.427. The number of rotatable bonds is 5. The van der Waals surface area contributed by atoms with Gasteiger partial charge in [0.25, 0.3) is 0 Å². The number of allylic oxidation sites excluding steroid dienone is 2. The number of nitrogens with zero attached hydrogens (tertiary/aromatic N) is 2. The molecule has 1 aromatic carbocycles. The third kappa shape index (κ3) is 4.56. The number of aryl methyl sites for hydroxylation is 1. The van der Waals surface area contributed by atoms with Crippen LogP contribution >= 0.6 is 0 Å². The maximum Gasteiger partial charge on any atom is 0.313 e. The van der Waals surface area contributed by atoms with E-state index in [1.807, 2.05) is 25.1 Å². The molecule has 0 saturated heterocycles. The van der Waals surface area contributed by atoms with E-state index >= 15 is 0 Å². The fourth-order valence-electron chi connectivity index (χ4n) is 12.6. The van der Waals surface area contributed by atoms with Gasteiger partial charge in [-0.2, -0.15) is 4.98 Å². The number of hydrogen-bond acceptors (Lipinski definition) is 5. The van der Waals surface area contributed by atoms with Crippen molar-refractivity contribution in [3.63, 3.8) is 0 Å². The maximum absolute atomic E-state index is 14.4. The fraction of sp³-hybridized carbons (Fsp3) is 0.690. The Bertz CT molecular complexity index is 1580. The summed E-state index contributed by atoms with van der Waals surface area (Å²) >= 11 is 0. The van der Waals surface area contributed by atoms with Gasteiger partial charge in [-0.05, 0) is 117 Å². The molecule has 5 nitrogen and oxygen atoms in total. The van der Waals surface area contributed by atoms with Crippen LogP contribution in [0, 0.1) is 58.2 Å². The number of fused-ring (bicyclic) bond motifs is 8. The highest BCUT2D eigenvalue weighted by molar-refractivity contribution is 5.79. The van der Waals surface area contributed by atoms with Crippen LogP contribution in [0.5, 0.6) is 5.88 Å². The minimum Gasteiger partial charge on any atom is -0.478 e. The second kappa shape index (κ2) is 11.2. The van der Waals surface area contributed by atoms with Gasteiger partial charge in [0.15, 0.2) is 0 Å². The zero-order valence-corrected chi connectivity index (χ0v) is 30.5. The predicted octanol–water partition coefficient (Wildman–Crippen LogP) is 9.60. The number of benzene rings is 1. The minimum absolute atomic E-state index is 0.0417. The Kier molecular flexibility index (Phi) is 7.80. The average molecular weight is 639 g/mol. The Hall–Kier alpha value is -2.69. The third-order valence-corrected chi connectivity index (χ3v) is 15.3. The van der Waals surface area contributed by atoms with Gasteiger partial charge < -0.3 is 9.47 Å². The fourth-order valence-corrected chi connectivity index (χ4v) is 12.6. The molecule has 9 atom stereocenters. The van der Waals surface area contributed by atoms with E-state index in [1.165, 1.54) is 24.1 Å². The molecule has 0 aliphatic heterocycles. The molecule has 5 aliphatic carbocycles. The molecule has 0 radical (unpaired) electrons. The molecule has 1 aromatic heterocycles. The molecule has 0 N–H and O–H groups in total. The van der Waals surface area contributed by atoms with Gasteiger partial charge >= 0.3 is 5.97 Å². The number of carbonyl (C=O) groups is 1. The molecular weight excluding hydrogens is 580 g/mol. The Balaban J connectivity index is 1.29. The number of carbonyl (C=O) groups excluding carboxylic acids is 1. The summed E-state index contributed by atoms with van der Waals surface area (Å²) in [6.45, 7) is 22.6. The van der Waals surface area contributed by atoms with Crippen LogP contribution in [0.2, 0.25) is 0 Å². The van der Waals surface area contributed by atoms with E-state index in [4.69, 9.17) is 19.4 Å². The van der Waals surface area contributed by atoms with Crippen LogP contribution in [0.25, 0.3) is 0 Å². The van der Waals surface area contributed by atoms with Crippen molar-refractivity contribution in [2.75, 3.05) is 6.61 Å². The van der Waals surface area contributed by atoms with E-state index in [9.17, 15) is 4.79 Å². The molecule has 47 heavy (non-hydrogen) atoms. The zero-order chi connectivity index (χ0) is 33.6. The van der Waals surface area contributed by atoms with Crippen molar-refractivity contribution in [1.82, 2.24) is 9.97 Å². The molecule has 2 aromatic rings. The number of ether oxygens (including phenoxy) is 2. The van der Waals surface area contributed by atoms with E-state index in [1.54, 1.807) is 5.57 Å². The van der Waals surface area contributed by atoms with E-state index in [2.05, 4.69) is 73.6 Å². The zero-order valence-electron chi connectivity index (χ0n) is 30.5. The molecule has 0 spiro atoms. The molecule has 0 unspecified atom stereocenters. The Morgan fingerprint density at radius 2 is 1.68 bits per heavy atom. The van der Waals surface area contributed by atoms with Crippen LogP contribution in [0.3, 0.4) is 0 Å². The van der Waals surface area contributed by atoms with E-state index < -0.39 is 5.41 Å². The van der Waals surface area contributed by atoms with Crippen molar-refractivity contribution >= 4 is 5.97 Å². The molecule has 1 heterocycles. The lowest BCUT2D eigenvalue weighted by Gasteiger charge is -2.70. The van der Waals surface area contributed by atoms with Crippen molar-refractivity contribution in [3.8, 4) is 5.88 Å². The Morgan fingerprint density at radius 1 is 0.936 bits per heavy atom. The van der Waals surface area contributed by atoms with E-state index in [0.29, 0.717) is 36.9 Å². The average Bonchev–Trinajstić information content (AvgIpc) is 3.03. The number of hydrogen-bond donors (Lipinski definition) is 0. The summed E-state index contributed by atoms with van der Waals surface area (Å²) in [4.78, 5) is 24.3. The summed E-state index contributed by atoms with van der Waals surface area (Å²) in [5, 5.41) is 0. The lowest BCUT2D eigenvalue weighted by atomic mass is 9.33. The van der Waals surface area contributed by atoms with Crippen LogP contribution in [-0.4, -0.2) is 22.5 Å². The van der Waals surface area contributed by atoms with Gasteiger partial charge in [-0.3, -0.25) is 4.79 Å². The van der Waals surface area contributed by atoms with E-state index in [0.717, 1.165) is 55.8 Å². The van der Waals surface area contributed by atoms with Gasteiger partial charge in [0, 0.05) is 11.0 Å². The molecule has 0 bridgehead atoms. The largest absolute Gasteiger partial charge is 0.478 e. The van der Waals surface area contributed by atoms with Crippen LogP contribution in [0.4, 0.5) is 0 Å². The molecule has 5 aliphatic rings. The molecular formula is C42H58N2O3. The molecule has 0 amide bonds. The summed E-state index contributed by atoms with van der Waals surface area (Å²) in [5.74, 6) is 3.99. The second-order valence-corrected chi connectivity index (χ2v) is 17.6. The lowest BCUT2D eigenvalue weighted by Crippen LogP contribution is -2.65. The standard InChI is InChI=1S/C42H58N2O3/c1-10-46-36-30-24-39(7)32(38(5,6)35(30)43-28(4)44-36)19-20-41(9)33(39)17-16-31-34-27(3)26(2)18-21-42(34,23-22-40(31,41)8)37(45)47-25-29-14-12-11-13-15-29/h11-16,26-27,32-34H,10,17-25H2,1-9H3/t26-,27-,32+,33-,34-,39+,40+,41-,42-/m0/s1. The molecule has 3 saturated carbocycles. The highest BCUT2D eigenvalue weighted by Crippen LogP contribution is 2.75. The van der Waals surface area contributed by atoms with Gasteiger partial charge in [-0.15, -0.1) is 0 Å². The van der Waals surface area contributed by atoms with Crippen LogP contribution in [0.1, 0.15) is 123 Å².